The molecule has 2 aliphatic rings. The summed E-state index contributed by atoms with van der Waals surface area (Å²) in [5, 5.41) is 0. The zero-order valence-electron chi connectivity index (χ0n) is 8.31. The average molecular weight is 237 g/mol. The highest BCUT2D eigenvalue weighted by Gasteiger charge is 2.24. The van der Waals surface area contributed by atoms with E-state index in [4.69, 9.17) is 17.3 Å². The summed E-state index contributed by atoms with van der Waals surface area (Å²) in [6.07, 6.45) is 6.15. The van der Waals surface area contributed by atoms with Gasteiger partial charge in [0.2, 0.25) is 5.91 Å². The number of allylic oxidation sites excluding steroid dienone is 4. The summed E-state index contributed by atoms with van der Waals surface area (Å²) < 4.78 is 0. The molecule has 5 heteroatoms. The predicted molar refractivity (Wildman–Crippen MR) is 61.2 cm³/mol. The standard InChI is InChI=1S/C11H9ClN2O2/c12-5-7-4-10(15)8-3-6(11(13)16)1-2-9(8)14-7/h1-4,6H,5H2,(H2,13,16). The number of rotatable bonds is 2. The second-order valence-corrected chi connectivity index (χ2v) is 3.77. The Hall–Kier alpha value is -1.68. The Kier molecular flexibility index (Phi) is 2.75. The van der Waals surface area contributed by atoms with Gasteiger partial charge in [-0.1, -0.05) is 12.2 Å². The van der Waals surface area contributed by atoms with Crippen molar-refractivity contribution in [3.8, 4) is 0 Å². The minimum Gasteiger partial charge on any atom is -0.369 e. The number of hydrogen-bond donors (Lipinski definition) is 1. The molecule has 0 radical (unpaired) electrons. The monoisotopic (exact) mass is 236 g/mol. The summed E-state index contributed by atoms with van der Waals surface area (Å²) in [6, 6.07) is 0. The van der Waals surface area contributed by atoms with Crippen LogP contribution in [0.3, 0.4) is 0 Å². The van der Waals surface area contributed by atoms with Crippen molar-refractivity contribution in [3.63, 3.8) is 0 Å². The largest absolute Gasteiger partial charge is 0.369 e. The minimum atomic E-state index is -0.538. The first-order valence-electron chi connectivity index (χ1n) is 4.71. The Labute approximate surface area is 97.2 Å². The molecule has 4 nitrogen and oxygen atoms in total. The first-order valence-corrected chi connectivity index (χ1v) is 5.24. The number of nitrogens with two attached hydrogens (primary N) is 1. The van der Waals surface area contributed by atoms with E-state index in [1.54, 1.807) is 12.2 Å². The van der Waals surface area contributed by atoms with Gasteiger partial charge in [-0.05, 0) is 6.08 Å². The molecule has 0 saturated carbocycles. The lowest BCUT2D eigenvalue weighted by Gasteiger charge is -2.17. The summed E-state index contributed by atoms with van der Waals surface area (Å²) in [4.78, 5) is 26.9. The molecule has 0 aromatic heterocycles. The maximum atomic E-state index is 11.7. The SMILES string of the molecule is NC(=O)C1C=CC2=NC(CCl)=CC(=O)C2=C1. The normalized spacial score (nSPS) is 23.2. The summed E-state index contributed by atoms with van der Waals surface area (Å²) in [7, 11) is 0. The molecule has 0 fully saturated rings. The lowest BCUT2D eigenvalue weighted by atomic mass is 9.91. The smallest absolute Gasteiger partial charge is 0.228 e. The number of carbonyl (C=O) groups excluding carboxylic acids is 2. The molecule has 0 bridgehead atoms. The quantitative estimate of drug-likeness (QED) is 0.718. The summed E-state index contributed by atoms with van der Waals surface area (Å²) in [5.74, 6) is -1.02. The van der Waals surface area contributed by atoms with Crippen molar-refractivity contribution in [1.29, 1.82) is 0 Å². The molecule has 0 aromatic rings. The van der Waals surface area contributed by atoms with Gasteiger partial charge in [-0.2, -0.15) is 0 Å². The molecule has 82 valence electrons. The number of nitrogens with zero attached hydrogens (tertiary/aromatic N) is 1. The van der Waals surface area contributed by atoms with E-state index in [0.717, 1.165) is 0 Å². The van der Waals surface area contributed by atoms with Crippen molar-refractivity contribution in [2.24, 2.45) is 16.6 Å². The zero-order chi connectivity index (χ0) is 11.7. The Balaban J connectivity index is 2.39. The molecule has 1 atom stereocenters. The first-order chi connectivity index (χ1) is 7.61. The van der Waals surface area contributed by atoms with Crippen LogP contribution in [0.5, 0.6) is 0 Å². The van der Waals surface area contributed by atoms with E-state index in [-0.39, 0.29) is 11.7 Å². The lowest BCUT2D eigenvalue weighted by Crippen LogP contribution is -2.26. The fourth-order valence-corrected chi connectivity index (χ4v) is 1.71. The number of halogens is 1. The molecular weight excluding hydrogens is 228 g/mol. The van der Waals surface area contributed by atoms with E-state index in [9.17, 15) is 9.59 Å². The van der Waals surface area contributed by atoms with Gasteiger partial charge in [0.25, 0.3) is 0 Å². The van der Waals surface area contributed by atoms with E-state index in [1.165, 1.54) is 12.2 Å². The number of ketones is 1. The van der Waals surface area contributed by atoms with Gasteiger partial charge >= 0.3 is 0 Å². The van der Waals surface area contributed by atoms with Crippen LogP contribution in [-0.2, 0) is 9.59 Å². The molecule has 1 aliphatic carbocycles. The molecule has 2 N–H and O–H groups in total. The Bertz CT molecular complexity index is 486. The number of hydrogen-bond acceptors (Lipinski definition) is 3. The van der Waals surface area contributed by atoms with Gasteiger partial charge in [0.15, 0.2) is 5.78 Å². The van der Waals surface area contributed by atoms with Crippen molar-refractivity contribution >= 4 is 29.0 Å². The number of primary amides is 1. The van der Waals surface area contributed by atoms with Crippen molar-refractivity contribution in [2.45, 2.75) is 0 Å². The molecule has 1 amide bonds. The summed E-state index contributed by atoms with van der Waals surface area (Å²) in [5.41, 5.74) is 6.65. The van der Waals surface area contributed by atoms with Crippen molar-refractivity contribution in [1.82, 2.24) is 0 Å². The first kappa shape index (κ1) is 10.8. The molecular formula is C11H9ClN2O2. The maximum Gasteiger partial charge on any atom is 0.228 e. The predicted octanol–water partition coefficient (Wildman–Crippen LogP) is 0.731. The van der Waals surface area contributed by atoms with E-state index >= 15 is 0 Å². The fraction of sp³-hybridized carbons (Fsp3) is 0.182. The second-order valence-electron chi connectivity index (χ2n) is 3.50. The van der Waals surface area contributed by atoms with Crippen LogP contribution in [0.15, 0.2) is 40.6 Å². The lowest BCUT2D eigenvalue weighted by molar-refractivity contribution is -0.119. The van der Waals surface area contributed by atoms with E-state index in [0.29, 0.717) is 17.0 Å². The number of fused-ring (bicyclic) bond motifs is 1. The third-order valence-corrected chi connectivity index (χ3v) is 2.65. The summed E-state index contributed by atoms with van der Waals surface area (Å²) in [6.45, 7) is 0. The number of aliphatic imine (C=N–C) groups is 1. The molecule has 1 heterocycles. The van der Waals surface area contributed by atoms with Gasteiger partial charge < -0.3 is 5.73 Å². The van der Waals surface area contributed by atoms with Crippen LogP contribution in [0.1, 0.15) is 0 Å². The molecule has 2 rings (SSSR count). The number of alkyl halides is 1. The van der Waals surface area contributed by atoms with Crippen LogP contribution in [-0.4, -0.2) is 23.3 Å². The topological polar surface area (TPSA) is 72.5 Å². The van der Waals surface area contributed by atoms with Gasteiger partial charge in [0, 0.05) is 11.6 Å². The zero-order valence-corrected chi connectivity index (χ0v) is 9.07. The highest BCUT2D eigenvalue weighted by atomic mass is 35.5. The minimum absolute atomic E-state index is 0.184. The maximum absolute atomic E-state index is 11.7. The van der Waals surface area contributed by atoms with Crippen LogP contribution < -0.4 is 5.73 Å². The summed E-state index contributed by atoms with van der Waals surface area (Å²) >= 11 is 5.61. The van der Waals surface area contributed by atoms with Gasteiger partial charge in [-0.15, -0.1) is 11.6 Å². The van der Waals surface area contributed by atoms with Gasteiger partial charge in [-0.3, -0.25) is 14.6 Å². The molecule has 1 aliphatic heterocycles. The average Bonchev–Trinajstić information content (AvgIpc) is 2.28. The van der Waals surface area contributed by atoms with Crippen molar-refractivity contribution in [3.05, 3.63) is 35.6 Å². The molecule has 0 aromatic carbocycles. The van der Waals surface area contributed by atoms with Crippen LogP contribution in [0.4, 0.5) is 0 Å². The number of amides is 1. The third kappa shape index (κ3) is 1.84. The van der Waals surface area contributed by atoms with Crippen molar-refractivity contribution in [2.75, 3.05) is 5.88 Å². The molecule has 16 heavy (non-hydrogen) atoms. The Morgan fingerprint density at radius 1 is 1.56 bits per heavy atom. The van der Waals surface area contributed by atoms with Gasteiger partial charge in [0.05, 0.1) is 23.2 Å². The van der Waals surface area contributed by atoms with E-state index in [2.05, 4.69) is 4.99 Å². The fourth-order valence-electron chi connectivity index (χ4n) is 1.57. The highest BCUT2D eigenvalue weighted by Crippen LogP contribution is 2.21. The third-order valence-electron chi connectivity index (χ3n) is 2.38. The van der Waals surface area contributed by atoms with Gasteiger partial charge in [-0.25, -0.2) is 0 Å². The molecule has 1 unspecified atom stereocenters. The Morgan fingerprint density at radius 2 is 2.31 bits per heavy atom. The van der Waals surface area contributed by atoms with Crippen LogP contribution in [0.2, 0.25) is 0 Å². The van der Waals surface area contributed by atoms with Crippen molar-refractivity contribution < 1.29 is 9.59 Å². The Morgan fingerprint density at radius 3 is 2.94 bits per heavy atom. The number of carbonyl (C=O) groups is 2. The van der Waals surface area contributed by atoms with E-state index in [1.807, 2.05) is 0 Å². The molecule has 0 spiro atoms. The molecule has 0 saturated heterocycles. The second kappa shape index (κ2) is 4.06. The van der Waals surface area contributed by atoms with Crippen LogP contribution >= 0.6 is 11.6 Å². The van der Waals surface area contributed by atoms with Crippen LogP contribution in [0.25, 0.3) is 0 Å². The van der Waals surface area contributed by atoms with E-state index < -0.39 is 11.8 Å². The van der Waals surface area contributed by atoms with Gasteiger partial charge in [0.1, 0.15) is 0 Å². The highest BCUT2D eigenvalue weighted by molar-refractivity contribution is 6.32. The van der Waals surface area contributed by atoms with Crippen LogP contribution in [0, 0.1) is 5.92 Å².